The fourth-order valence-corrected chi connectivity index (χ4v) is 2.65. The largest absolute Gasteiger partial charge is 0.469 e. The maximum Gasteiger partial charge on any atom is 0.305 e. The van der Waals surface area contributed by atoms with Crippen LogP contribution in [0.25, 0.3) is 0 Å². The van der Waals surface area contributed by atoms with Crippen molar-refractivity contribution < 1.29 is 9.53 Å². The zero-order chi connectivity index (χ0) is 14.7. The molecule has 1 unspecified atom stereocenters. The lowest BCUT2D eigenvalue weighted by Crippen LogP contribution is -2.23. The molecule has 0 spiro atoms. The average molecular weight is 311 g/mol. The zero-order valence-corrected chi connectivity index (χ0v) is 14.0. The summed E-state index contributed by atoms with van der Waals surface area (Å²) < 4.78 is 3.89. The number of halogens is 2. The third kappa shape index (κ3) is 10.5. The number of carbonyl (C=O) groups is 1. The molecule has 0 saturated carbocycles. The number of hydrogen-bond donors (Lipinski definition) is 0. The summed E-state index contributed by atoms with van der Waals surface area (Å²) in [6.45, 7) is 4.03. The van der Waals surface area contributed by atoms with Gasteiger partial charge in [0.25, 0.3) is 0 Å². The number of carbonyl (C=O) groups excluding carboxylic acids is 1. The Kier molecular flexibility index (Phi) is 10.8. The van der Waals surface area contributed by atoms with Crippen molar-refractivity contribution in [3.05, 3.63) is 0 Å². The minimum absolute atomic E-state index is 0.154. The van der Waals surface area contributed by atoms with Crippen molar-refractivity contribution in [2.24, 2.45) is 5.92 Å². The molecule has 0 N–H and O–H groups in total. The second kappa shape index (κ2) is 10.8. The van der Waals surface area contributed by atoms with Crippen LogP contribution in [0.5, 0.6) is 0 Å². The quantitative estimate of drug-likeness (QED) is 0.286. The van der Waals surface area contributed by atoms with E-state index in [0.29, 0.717) is 12.8 Å². The van der Waals surface area contributed by atoms with Crippen molar-refractivity contribution in [3.8, 4) is 0 Å². The Hall–Kier alpha value is 0.0500. The Balaban J connectivity index is 3.91. The third-order valence-electron chi connectivity index (χ3n) is 3.55. The van der Waals surface area contributed by atoms with Crippen LogP contribution in [-0.2, 0) is 9.53 Å². The van der Waals surface area contributed by atoms with Crippen LogP contribution in [-0.4, -0.2) is 17.4 Å². The Labute approximate surface area is 128 Å². The van der Waals surface area contributed by atoms with E-state index in [1.54, 1.807) is 0 Å². The third-order valence-corrected chi connectivity index (χ3v) is 4.16. The lowest BCUT2D eigenvalue weighted by atomic mass is 9.92. The van der Waals surface area contributed by atoms with Gasteiger partial charge in [-0.2, -0.15) is 0 Å². The Morgan fingerprint density at radius 2 is 1.68 bits per heavy atom. The van der Waals surface area contributed by atoms with Gasteiger partial charge in [0.15, 0.2) is 0 Å². The second-order valence-corrected chi connectivity index (χ2v) is 7.09. The van der Waals surface area contributed by atoms with Gasteiger partial charge in [0, 0.05) is 6.42 Å². The molecule has 0 aromatic carbocycles. The minimum atomic E-state index is -0.766. The molecular formula is C15H28Cl2O2. The highest BCUT2D eigenvalue weighted by Crippen LogP contribution is 2.36. The van der Waals surface area contributed by atoms with Crippen LogP contribution >= 0.6 is 23.2 Å². The molecule has 0 bridgehead atoms. The Bertz CT molecular complexity index is 237. The molecule has 0 aromatic rings. The number of esters is 1. The second-order valence-electron chi connectivity index (χ2n) is 5.32. The summed E-state index contributed by atoms with van der Waals surface area (Å²) in [5.74, 6) is -0.0355. The topological polar surface area (TPSA) is 26.3 Å². The van der Waals surface area contributed by atoms with Crippen LogP contribution in [0.15, 0.2) is 0 Å². The molecule has 0 aromatic heterocycles. The fourth-order valence-electron chi connectivity index (χ4n) is 2.22. The first-order chi connectivity index (χ1) is 8.91. The molecule has 0 radical (unpaired) electrons. The van der Waals surface area contributed by atoms with E-state index in [-0.39, 0.29) is 11.9 Å². The number of rotatable bonds is 11. The highest BCUT2D eigenvalue weighted by atomic mass is 35.5. The molecule has 0 amide bonds. The van der Waals surface area contributed by atoms with Gasteiger partial charge in [0.2, 0.25) is 0 Å². The summed E-state index contributed by atoms with van der Waals surface area (Å²) in [5.41, 5.74) is 0. The van der Waals surface area contributed by atoms with E-state index in [9.17, 15) is 4.79 Å². The van der Waals surface area contributed by atoms with Crippen molar-refractivity contribution in [2.45, 2.75) is 76.0 Å². The van der Waals surface area contributed by atoms with Gasteiger partial charge in [-0.15, -0.1) is 23.2 Å². The van der Waals surface area contributed by atoms with Gasteiger partial charge in [-0.1, -0.05) is 45.4 Å². The van der Waals surface area contributed by atoms with E-state index in [0.717, 1.165) is 12.8 Å². The van der Waals surface area contributed by atoms with Crippen LogP contribution in [0.4, 0.5) is 0 Å². The van der Waals surface area contributed by atoms with E-state index < -0.39 is 4.33 Å². The molecule has 19 heavy (non-hydrogen) atoms. The first-order valence-electron chi connectivity index (χ1n) is 7.36. The van der Waals surface area contributed by atoms with E-state index in [1.807, 2.05) is 6.92 Å². The number of alkyl halides is 2. The van der Waals surface area contributed by atoms with Gasteiger partial charge in [0.1, 0.15) is 4.33 Å². The standard InChI is InChI=1S/C15H28Cl2O2/c1-4-5-6-7-8-9-10-13(15(2,16)17)11-12-14(18)19-3/h13H,4-12H2,1-3H3. The van der Waals surface area contributed by atoms with Gasteiger partial charge in [-0.3, -0.25) is 4.79 Å². The highest BCUT2D eigenvalue weighted by molar-refractivity contribution is 6.48. The van der Waals surface area contributed by atoms with Crippen molar-refractivity contribution in [1.82, 2.24) is 0 Å². The molecule has 0 rings (SSSR count). The lowest BCUT2D eigenvalue weighted by molar-refractivity contribution is -0.140. The Morgan fingerprint density at radius 1 is 1.11 bits per heavy atom. The monoisotopic (exact) mass is 310 g/mol. The first kappa shape index (κ1) is 19.1. The predicted octanol–water partition coefficient (Wildman–Crippen LogP) is 5.50. The molecule has 0 fully saturated rings. The Morgan fingerprint density at radius 3 is 2.21 bits per heavy atom. The normalized spacial score (nSPS) is 13.3. The molecule has 0 saturated heterocycles. The SMILES string of the molecule is CCCCCCCCC(CCC(=O)OC)C(C)(Cl)Cl. The summed E-state index contributed by atoms with van der Waals surface area (Å²) in [4.78, 5) is 11.2. The number of unbranched alkanes of at least 4 members (excludes halogenated alkanes) is 5. The molecule has 4 heteroatoms. The molecule has 114 valence electrons. The summed E-state index contributed by atoms with van der Waals surface area (Å²) in [7, 11) is 1.41. The zero-order valence-electron chi connectivity index (χ0n) is 12.5. The lowest BCUT2D eigenvalue weighted by Gasteiger charge is -2.26. The van der Waals surface area contributed by atoms with Crippen molar-refractivity contribution in [3.63, 3.8) is 0 Å². The number of hydrogen-bond acceptors (Lipinski definition) is 2. The molecule has 1 atom stereocenters. The van der Waals surface area contributed by atoms with Crippen LogP contribution in [0.3, 0.4) is 0 Å². The van der Waals surface area contributed by atoms with Gasteiger partial charge in [-0.25, -0.2) is 0 Å². The minimum Gasteiger partial charge on any atom is -0.469 e. The predicted molar refractivity (Wildman–Crippen MR) is 82.8 cm³/mol. The van der Waals surface area contributed by atoms with Gasteiger partial charge in [-0.05, 0) is 25.7 Å². The number of ether oxygens (including phenoxy) is 1. The van der Waals surface area contributed by atoms with E-state index in [4.69, 9.17) is 23.2 Å². The van der Waals surface area contributed by atoms with E-state index >= 15 is 0 Å². The average Bonchev–Trinajstić information content (AvgIpc) is 2.35. The smallest absolute Gasteiger partial charge is 0.305 e. The molecule has 0 aliphatic heterocycles. The highest BCUT2D eigenvalue weighted by Gasteiger charge is 2.29. The summed E-state index contributed by atoms with van der Waals surface area (Å²) in [6, 6.07) is 0. The molecule has 0 aliphatic rings. The summed E-state index contributed by atoms with van der Waals surface area (Å²) in [5, 5.41) is 0. The maximum absolute atomic E-state index is 11.2. The fraction of sp³-hybridized carbons (Fsp3) is 0.933. The van der Waals surface area contributed by atoms with E-state index in [1.165, 1.54) is 39.2 Å². The van der Waals surface area contributed by atoms with Crippen LogP contribution in [0.2, 0.25) is 0 Å². The van der Waals surface area contributed by atoms with Gasteiger partial charge in [0.05, 0.1) is 7.11 Å². The van der Waals surface area contributed by atoms with Crippen LogP contribution in [0.1, 0.15) is 71.6 Å². The van der Waals surface area contributed by atoms with Crippen LogP contribution < -0.4 is 0 Å². The molecule has 0 aliphatic carbocycles. The maximum atomic E-state index is 11.2. The number of methoxy groups -OCH3 is 1. The van der Waals surface area contributed by atoms with Gasteiger partial charge >= 0.3 is 5.97 Å². The van der Waals surface area contributed by atoms with Crippen molar-refractivity contribution in [1.29, 1.82) is 0 Å². The first-order valence-corrected chi connectivity index (χ1v) is 8.12. The molecular weight excluding hydrogens is 283 g/mol. The molecule has 2 nitrogen and oxygen atoms in total. The van der Waals surface area contributed by atoms with Crippen molar-refractivity contribution >= 4 is 29.2 Å². The van der Waals surface area contributed by atoms with Crippen LogP contribution in [0, 0.1) is 5.92 Å². The summed E-state index contributed by atoms with van der Waals surface area (Å²) >= 11 is 12.4. The van der Waals surface area contributed by atoms with Gasteiger partial charge < -0.3 is 4.74 Å². The van der Waals surface area contributed by atoms with Crippen molar-refractivity contribution in [2.75, 3.05) is 7.11 Å². The van der Waals surface area contributed by atoms with E-state index in [2.05, 4.69) is 11.7 Å². The summed E-state index contributed by atoms with van der Waals surface area (Å²) in [6.07, 6.45) is 9.59. The molecule has 0 heterocycles.